The summed E-state index contributed by atoms with van der Waals surface area (Å²) in [5.41, 5.74) is 0.730. The van der Waals surface area contributed by atoms with E-state index in [1.54, 1.807) is 11.8 Å². The molecule has 0 aromatic carbocycles. The SMILES string of the molecule is CSCCC(NC(=O)NCc1cn2ccsc2n1)C(=O)O. The molecule has 2 amide bonds. The van der Waals surface area contributed by atoms with Gasteiger partial charge in [0.05, 0.1) is 12.2 Å². The highest BCUT2D eigenvalue weighted by molar-refractivity contribution is 7.98. The standard InChI is InChI=1S/C12H16N4O3S2/c1-20-4-2-9(10(17)18)15-11(19)13-6-8-7-16-3-5-21-12(16)14-8/h3,5,7,9H,2,4,6H2,1H3,(H,17,18)(H2,13,15,19). The largest absolute Gasteiger partial charge is 0.480 e. The van der Waals surface area contributed by atoms with Crippen LogP contribution in [0, 0.1) is 0 Å². The molecular weight excluding hydrogens is 312 g/mol. The number of rotatable bonds is 7. The number of aromatic nitrogens is 2. The van der Waals surface area contributed by atoms with Crippen LogP contribution in [0.25, 0.3) is 4.96 Å². The van der Waals surface area contributed by atoms with E-state index >= 15 is 0 Å². The molecule has 0 aliphatic heterocycles. The molecule has 0 bridgehead atoms. The molecule has 2 heterocycles. The van der Waals surface area contributed by atoms with E-state index < -0.39 is 18.0 Å². The van der Waals surface area contributed by atoms with Crippen LogP contribution in [0.1, 0.15) is 12.1 Å². The third-order valence-corrected chi connectivity index (χ3v) is 4.20. The highest BCUT2D eigenvalue weighted by atomic mass is 32.2. The van der Waals surface area contributed by atoms with Crippen molar-refractivity contribution in [3.8, 4) is 0 Å². The van der Waals surface area contributed by atoms with E-state index in [9.17, 15) is 9.59 Å². The van der Waals surface area contributed by atoms with Crippen LogP contribution in [-0.2, 0) is 11.3 Å². The summed E-state index contributed by atoms with van der Waals surface area (Å²) >= 11 is 3.05. The van der Waals surface area contributed by atoms with Gasteiger partial charge < -0.3 is 15.7 Å². The number of thioether (sulfide) groups is 1. The third kappa shape index (κ3) is 4.36. The summed E-state index contributed by atoms with van der Waals surface area (Å²) in [6, 6.07) is -1.37. The summed E-state index contributed by atoms with van der Waals surface area (Å²) in [5, 5.41) is 16.0. The Labute approximate surface area is 129 Å². The Morgan fingerprint density at radius 2 is 2.38 bits per heavy atom. The molecule has 9 heteroatoms. The van der Waals surface area contributed by atoms with E-state index in [-0.39, 0.29) is 6.54 Å². The van der Waals surface area contributed by atoms with Crippen molar-refractivity contribution in [3.63, 3.8) is 0 Å². The number of hydrogen-bond donors (Lipinski definition) is 3. The van der Waals surface area contributed by atoms with Crippen LogP contribution in [0.4, 0.5) is 4.79 Å². The molecule has 7 nitrogen and oxygen atoms in total. The number of carboxylic acid groups (broad SMARTS) is 1. The second-order valence-corrected chi connectivity index (χ2v) is 6.18. The molecule has 3 N–H and O–H groups in total. The average Bonchev–Trinajstić information content (AvgIpc) is 3.01. The quantitative estimate of drug-likeness (QED) is 0.714. The maximum atomic E-state index is 11.7. The van der Waals surface area contributed by atoms with Crippen molar-refractivity contribution in [3.05, 3.63) is 23.5 Å². The molecule has 0 aliphatic rings. The van der Waals surface area contributed by atoms with Crippen LogP contribution in [0.5, 0.6) is 0 Å². The number of fused-ring (bicyclic) bond motifs is 1. The minimum Gasteiger partial charge on any atom is -0.480 e. The second-order valence-electron chi connectivity index (χ2n) is 4.32. The normalized spacial score (nSPS) is 12.2. The number of amides is 2. The molecule has 0 aliphatic carbocycles. The Bertz CT molecular complexity index is 596. The Kier molecular flexibility index (Phi) is 5.45. The van der Waals surface area contributed by atoms with Gasteiger partial charge in [0.25, 0.3) is 0 Å². The molecule has 114 valence electrons. The fourth-order valence-corrected chi connectivity index (χ4v) is 2.92. The van der Waals surface area contributed by atoms with Gasteiger partial charge in [0, 0.05) is 17.8 Å². The summed E-state index contributed by atoms with van der Waals surface area (Å²) in [6.07, 6.45) is 6.00. The van der Waals surface area contributed by atoms with Gasteiger partial charge in [-0.1, -0.05) is 0 Å². The number of thiazole rings is 1. The van der Waals surface area contributed by atoms with E-state index in [1.165, 1.54) is 11.3 Å². The molecule has 0 spiro atoms. The first kappa shape index (κ1) is 15.6. The fourth-order valence-electron chi connectivity index (χ4n) is 1.73. The predicted octanol–water partition coefficient (Wildman–Crippen LogP) is 1.40. The molecule has 2 rings (SSSR count). The number of carboxylic acids is 1. The Hall–Kier alpha value is -1.74. The van der Waals surface area contributed by atoms with Crippen molar-refractivity contribution in [2.45, 2.75) is 19.0 Å². The minimum atomic E-state index is -1.03. The molecule has 0 fully saturated rings. The molecule has 2 aromatic heterocycles. The smallest absolute Gasteiger partial charge is 0.326 e. The maximum Gasteiger partial charge on any atom is 0.326 e. The van der Waals surface area contributed by atoms with Crippen LogP contribution < -0.4 is 10.6 Å². The maximum absolute atomic E-state index is 11.7. The Balaban J connectivity index is 1.83. The van der Waals surface area contributed by atoms with Crippen LogP contribution >= 0.6 is 23.1 Å². The Morgan fingerprint density at radius 1 is 1.57 bits per heavy atom. The summed E-state index contributed by atoms with van der Waals surface area (Å²) in [6.45, 7) is 0.259. The molecule has 1 atom stereocenters. The molecule has 0 saturated heterocycles. The van der Waals surface area contributed by atoms with E-state index in [0.29, 0.717) is 12.2 Å². The van der Waals surface area contributed by atoms with Crippen LogP contribution in [0.15, 0.2) is 17.8 Å². The van der Waals surface area contributed by atoms with Gasteiger partial charge >= 0.3 is 12.0 Å². The van der Waals surface area contributed by atoms with E-state index in [4.69, 9.17) is 5.11 Å². The molecular formula is C12H16N4O3S2. The lowest BCUT2D eigenvalue weighted by Crippen LogP contribution is -2.46. The summed E-state index contributed by atoms with van der Waals surface area (Å²) in [7, 11) is 0. The van der Waals surface area contributed by atoms with Gasteiger partial charge in [0.2, 0.25) is 0 Å². The van der Waals surface area contributed by atoms with Gasteiger partial charge in [-0.25, -0.2) is 14.6 Å². The molecule has 2 aromatic rings. The number of aliphatic carboxylic acids is 1. The lowest BCUT2D eigenvalue weighted by molar-refractivity contribution is -0.139. The first-order valence-electron chi connectivity index (χ1n) is 6.27. The van der Waals surface area contributed by atoms with Gasteiger partial charge in [-0.05, 0) is 18.4 Å². The van der Waals surface area contributed by atoms with Crippen molar-refractivity contribution in [2.75, 3.05) is 12.0 Å². The van der Waals surface area contributed by atoms with Gasteiger partial charge in [-0.2, -0.15) is 11.8 Å². The zero-order valence-electron chi connectivity index (χ0n) is 11.4. The van der Waals surface area contributed by atoms with Gasteiger partial charge in [0.15, 0.2) is 4.96 Å². The van der Waals surface area contributed by atoms with Crippen molar-refractivity contribution in [1.82, 2.24) is 20.0 Å². The van der Waals surface area contributed by atoms with Gasteiger partial charge in [-0.15, -0.1) is 11.3 Å². The second kappa shape index (κ2) is 7.32. The minimum absolute atomic E-state index is 0.259. The zero-order chi connectivity index (χ0) is 15.2. The highest BCUT2D eigenvalue weighted by Gasteiger charge is 2.19. The number of carbonyl (C=O) groups excluding carboxylic acids is 1. The van der Waals surface area contributed by atoms with Crippen molar-refractivity contribution >= 4 is 40.1 Å². The zero-order valence-corrected chi connectivity index (χ0v) is 13.0. The lowest BCUT2D eigenvalue weighted by Gasteiger charge is -2.14. The molecule has 0 saturated carbocycles. The van der Waals surface area contributed by atoms with Crippen LogP contribution in [0.3, 0.4) is 0 Å². The van der Waals surface area contributed by atoms with Crippen molar-refractivity contribution in [2.24, 2.45) is 0 Å². The third-order valence-electron chi connectivity index (χ3n) is 2.79. The number of carbonyl (C=O) groups is 2. The summed E-state index contributed by atoms with van der Waals surface area (Å²) in [5.74, 6) is -0.351. The monoisotopic (exact) mass is 328 g/mol. The molecule has 21 heavy (non-hydrogen) atoms. The molecule has 1 unspecified atom stereocenters. The highest BCUT2D eigenvalue weighted by Crippen LogP contribution is 2.11. The average molecular weight is 328 g/mol. The first-order chi connectivity index (χ1) is 10.1. The van der Waals surface area contributed by atoms with Crippen molar-refractivity contribution < 1.29 is 14.7 Å². The van der Waals surface area contributed by atoms with Crippen LogP contribution in [0.2, 0.25) is 0 Å². The van der Waals surface area contributed by atoms with Gasteiger partial charge in [-0.3, -0.25) is 4.40 Å². The van der Waals surface area contributed by atoms with E-state index in [0.717, 1.165) is 10.7 Å². The fraction of sp³-hybridized carbons (Fsp3) is 0.417. The van der Waals surface area contributed by atoms with Crippen molar-refractivity contribution in [1.29, 1.82) is 0 Å². The van der Waals surface area contributed by atoms with Gasteiger partial charge in [0.1, 0.15) is 6.04 Å². The number of urea groups is 1. The number of nitrogens with one attached hydrogen (secondary N) is 2. The van der Waals surface area contributed by atoms with E-state index in [1.807, 2.05) is 28.4 Å². The van der Waals surface area contributed by atoms with Crippen LogP contribution in [-0.4, -0.2) is 44.5 Å². The topological polar surface area (TPSA) is 95.7 Å². The number of imidazole rings is 1. The molecule has 0 radical (unpaired) electrons. The number of nitrogens with zero attached hydrogens (tertiary/aromatic N) is 2. The first-order valence-corrected chi connectivity index (χ1v) is 8.54. The lowest BCUT2D eigenvalue weighted by atomic mass is 10.2. The predicted molar refractivity (Wildman–Crippen MR) is 82.9 cm³/mol. The van der Waals surface area contributed by atoms with E-state index in [2.05, 4.69) is 15.6 Å². The Morgan fingerprint density at radius 3 is 3.05 bits per heavy atom. The summed E-state index contributed by atoms with van der Waals surface area (Å²) in [4.78, 5) is 27.9. The summed E-state index contributed by atoms with van der Waals surface area (Å²) < 4.78 is 1.87. The number of hydrogen-bond acceptors (Lipinski definition) is 5.